The lowest BCUT2D eigenvalue weighted by molar-refractivity contribution is -0.144. The fourth-order valence-corrected chi connectivity index (χ4v) is 4.00. The summed E-state index contributed by atoms with van der Waals surface area (Å²) in [6.07, 6.45) is 0.483. The number of nitrogen functional groups attached to an aromatic ring is 1. The number of anilines is 3. The maximum Gasteiger partial charge on any atom is 0.344 e. The van der Waals surface area contributed by atoms with Crippen LogP contribution in [0, 0.1) is 5.82 Å². The SMILES string of the molecule is C[C@@H](Oc1ccc(N2CCN(CCNc3nc(N)n4nc(-c5ccco5)nc4n3)CC2)c(F)c1)C(=O)O. The monoisotopic (exact) mass is 511 g/mol. The zero-order valence-electron chi connectivity index (χ0n) is 20.0. The number of piperazine rings is 1. The highest BCUT2D eigenvalue weighted by Gasteiger charge is 2.21. The standard InChI is InChI=1S/C23H26FN9O4/c1-14(20(34)35)37-15-4-5-17(16(24)13-15)32-10-8-31(9-11-32)7-6-26-22-28-21(25)33-23(29-22)27-19(30-33)18-3-2-12-36-18/h2-5,12-14H,6-11H2,1H3,(H,34,35)(H3,25,26,27,28,29,30)/t14-/m1/s1. The van der Waals surface area contributed by atoms with Crippen molar-refractivity contribution in [1.82, 2.24) is 29.5 Å². The zero-order chi connectivity index (χ0) is 25.9. The second-order valence-corrected chi connectivity index (χ2v) is 8.50. The van der Waals surface area contributed by atoms with Crippen LogP contribution in [0.3, 0.4) is 0 Å². The first-order valence-corrected chi connectivity index (χ1v) is 11.7. The van der Waals surface area contributed by atoms with E-state index in [1.54, 1.807) is 24.3 Å². The van der Waals surface area contributed by atoms with Crippen LogP contribution in [0.15, 0.2) is 41.0 Å². The molecular formula is C23H26FN9O4. The van der Waals surface area contributed by atoms with Crippen LogP contribution in [0.1, 0.15) is 6.92 Å². The van der Waals surface area contributed by atoms with E-state index in [0.29, 0.717) is 48.6 Å². The number of benzene rings is 1. The molecule has 0 spiro atoms. The van der Waals surface area contributed by atoms with E-state index in [1.807, 2.05) is 4.90 Å². The van der Waals surface area contributed by atoms with Gasteiger partial charge in [-0.3, -0.25) is 4.90 Å². The Hall–Kier alpha value is -4.46. The molecule has 194 valence electrons. The van der Waals surface area contributed by atoms with Crippen molar-refractivity contribution < 1.29 is 23.4 Å². The van der Waals surface area contributed by atoms with E-state index in [2.05, 4.69) is 30.3 Å². The zero-order valence-corrected chi connectivity index (χ0v) is 20.0. The first-order chi connectivity index (χ1) is 17.9. The molecule has 1 aliphatic heterocycles. The van der Waals surface area contributed by atoms with Gasteiger partial charge in [0.15, 0.2) is 11.9 Å². The normalized spacial score (nSPS) is 15.1. The summed E-state index contributed by atoms with van der Waals surface area (Å²) in [5.41, 5.74) is 6.49. The number of furan rings is 1. The molecule has 4 N–H and O–H groups in total. The number of carboxylic acid groups (broad SMARTS) is 1. The van der Waals surface area contributed by atoms with Crippen LogP contribution in [-0.4, -0.2) is 85.9 Å². The van der Waals surface area contributed by atoms with Crippen LogP contribution in [-0.2, 0) is 4.79 Å². The van der Waals surface area contributed by atoms with Gasteiger partial charge in [-0.2, -0.15) is 19.5 Å². The van der Waals surface area contributed by atoms with Crippen molar-refractivity contribution >= 4 is 29.3 Å². The number of nitrogens with one attached hydrogen (secondary N) is 1. The highest BCUT2D eigenvalue weighted by Crippen LogP contribution is 2.26. The third-order valence-electron chi connectivity index (χ3n) is 5.98. The van der Waals surface area contributed by atoms with E-state index in [4.69, 9.17) is 20.0 Å². The molecule has 13 nitrogen and oxygen atoms in total. The van der Waals surface area contributed by atoms with Crippen molar-refractivity contribution in [2.45, 2.75) is 13.0 Å². The largest absolute Gasteiger partial charge is 0.479 e. The summed E-state index contributed by atoms with van der Waals surface area (Å²) in [6, 6.07) is 7.92. The number of nitrogens with zero attached hydrogens (tertiary/aromatic N) is 7. The van der Waals surface area contributed by atoms with Gasteiger partial charge >= 0.3 is 5.97 Å². The Morgan fingerprint density at radius 3 is 2.76 bits per heavy atom. The van der Waals surface area contributed by atoms with E-state index in [-0.39, 0.29) is 11.7 Å². The number of ether oxygens (including phenoxy) is 1. The molecule has 0 aliphatic carbocycles. The molecule has 4 aromatic rings. The predicted molar refractivity (Wildman–Crippen MR) is 132 cm³/mol. The van der Waals surface area contributed by atoms with Crippen LogP contribution in [0.5, 0.6) is 5.75 Å². The van der Waals surface area contributed by atoms with Gasteiger partial charge in [0.2, 0.25) is 17.7 Å². The molecule has 3 aromatic heterocycles. The first kappa shape index (κ1) is 24.2. The van der Waals surface area contributed by atoms with E-state index < -0.39 is 17.9 Å². The number of fused-ring (bicyclic) bond motifs is 1. The summed E-state index contributed by atoms with van der Waals surface area (Å²) in [5.74, 6) is 0.328. The molecule has 0 radical (unpaired) electrons. The third-order valence-corrected chi connectivity index (χ3v) is 5.98. The lowest BCUT2D eigenvalue weighted by Gasteiger charge is -2.36. The smallest absolute Gasteiger partial charge is 0.344 e. The van der Waals surface area contributed by atoms with Crippen LogP contribution in [0.4, 0.5) is 22.0 Å². The third kappa shape index (κ3) is 5.38. The van der Waals surface area contributed by atoms with Crippen LogP contribution >= 0.6 is 0 Å². The number of carbonyl (C=O) groups is 1. The second kappa shape index (κ2) is 10.3. The van der Waals surface area contributed by atoms with Gasteiger partial charge < -0.3 is 30.2 Å². The van der Waals surface area contributed by atoms with Gasteiger partial charge in [0, 0.05) is 45.3 Å². The molecule has 0 amide bonds. The Bertz CT molecular complexity index is 1390. The van der Waals surface area contributed by atoms with Gasteiger partial charge in [0.05, 0.1) is 12.0 Å². The molecule has 0 saturated carbocycles. The fraction of sp³-hybridized carbons (Fsp3) is 0.348. The van der Waals surface area contributed by atoms with E-state index >= 15 is 0 Å². The summed E-state index contributed by atoms with van der Waals surface area (Å²) in [7, 11) is 0. The Morgan fingerprint density at radius 1 is 1.24 bits per heavy atom. The molecule has 0 unspecified atom stereocenters. The lowest BCUT2D eigenvalue weighted by atomic mass is 10.2. The molecular weight excluding hydrogens is 485 g/mol. The van der Waals surface area contributed by atoms with Gasteiger partial charge in [0.25, 0.3) is 5.78 Å². The Labute approximate surface area is 210 Å². The van der Waals surface area contributed by atoms with E-state index in [0.717, 1.165) is 19.6 Å². The molecule has 1 aliphatic rings. The molecule has 1 fully saturated rings. The Kier molecular flexibility index (Phi) is 6.72. The highest BCUT2D eigenvalue weighted by molar-refractivity contribution is 5.72. The molecule has 1 saturated heterocycles. The summed E-state index contributed by atoms with van der Waals surface area (Å²) in [6.45, 7) is 5.49. The average Bonchev–Trinajstić information content (AvgIpc) is 3.55. The van der Waals surface area contributed by atoms with E-state index in [9.17, 15) is 9.18 Å². The number of halogens is 1. The molecule has 4 heterocycles. The van der Waals surface area contributed by atoms with Gasteiger partial charge in [-0.25, -0.2) is 9.18 Å². The predicted octanol–water partition coefficient (Wildman–Crippen LogP) is 1.59. The number of rotatable bonds is 9. The van der Waals surface area contributed by atoms with Crippen molar-refractivity contribution in [3.8, 4) is 17.3 Å². The fourth-order valence-electron chi connectivity index (χ4n) is 4.00. The maximum absolute atomic E-state index is 14.7. The summed E-state index contributed by atoms with van der Waals surface area (Å²) >= 11 is 0. The second-order valence-electron chi connectivity index (χ2n) is 8.50. The number of hydrogen-bond donors (Lipinski definition) is 3. The van der Waals surface area contributed by atoms with Gasteiger partial charge in [-0.15, -0.1) is 5.10 Å². The number of hydrogen-bond acceptors (Lipinski definition) is 11. The molecule has 1 aromatic carbocycles. The number of carboxylic acids is 1. The van der Waals surface area contributed by atoms with Gasteiger partial charge in [-0.1, -0.05) is 0 Å². The number of aromatic nitrogens is 5. The quantitative estimate of drug-likeness (QED) is 0.298. The molecule has 37 heavy (non-hydrogen) atoms. The maximum atomic E-state index is 14.7. The van der Waals surface area contributed by atoms with Crippen molar-refractivity contribution in [1.29, 1.82) is 0 Å². The molecule has 1 atom stereocenters. The highest BCUT2D eigenvalue weighted by atomic mass is 19.1. The van der Waals surface area contributed by atoms with Gasteiger partial charge in [-0.05, 0) is 31.2 Å². The minimum Gasteiger partial charge on any atom is -0.479 e. The van der Waals surface area contributed by atoms with Crippen molar-refractivity contribution in [3.63, 3.8) is 0 Å². The van der Waals surface area contributed by atoms with Gasteiger partial charge in [0.1, 0.15) is 11.6 Å². The lowest BCUT2D eigenvalue weighted by Crippen LogP contribution is -2.48. The van der Waals surface area contributed by atoms with Crippen LogP contribution in [0.25, 0.3) is 17.4 Å². The molecule has 14 heteroatoms. The first-order valence-electron chi connectivity index (χ1n) is 11.7. The molecule has 0 bridgehead atoms. The summed E-state index contributed by atoms with van der Waals surface area (Å²) in [4.78, 5) is 28.1. The Balaban J connectivity index is 1.12. The Morgan fingerprint density at radius 2 is 2.05 bits per heavy atom. The summed E-state index contributed by atoms with van der Waals surface area (Å²) < 4.78 is 26.6. The minimum absolute atomic E-state index is 0.155. The molecule has 5 rings (SSSR count). The average molecular weight is 512 g/mol. The van der Waals surface area contributed by atoms with E-state index in [1.165, 1.54) is 23.8 Å². The van der Waals surface area contributed by atoms with Crippen molar-refractivity contribution in [3.05, 3.63) is 42.4 Å². The van der Waals surface area contributed by atoms with Crippen molar-refractivity contribution in [2.75, 3.05) is 55.2 Å². The summed E-state index contributed by atoms with van der Waals surface area (Å²) in [5, 5.41) is 16.4. The number of nitrogens with two attached hydrogens (primary N) is 1. The topological polar surface area (TPSA) is 160 Å². The van der Waals surface area contributed by atoms with Crippen LogP contribution < -0.4 is 20.7 Å². The van der Waals surface area contributed by atoms with Crippen molar-refractivity contribution in [2.24, 2.45) is 0 Å². The van der Waals surface area contributed by atoms with Crippen LogP contribution in [0.2, 0.25) is 0 Å². The minimum atomic E-state index is -1.11. The number of aliphatic carboxylic acids is 1.